The van der Waals surface area contributed by atoms with E-state index in [2.05, 4.69) is 15.3 Å². The number of amides is 1. The fraction of sp³-hybridized carbons (Fsp3) is 0.167. The largest absolute Gasteiger partial charge is 0.484 e. The second-order valence-electron chi connectivity index (χ2n) is 3.68. The lowest BCUT2D eigenvalue weighted by Gasteiger charge is -2.07. The number of aromatic amines is 1. The number of imidazole rings is 1. The molecule has 0 spiro atoms. The Labute approximate surface area is 119 Å². The van der Waals surface area contributed by atoms with E-state index in [1.165, 1.54) is 0 Å². The average Bonchev–Trinajstić information content (AvgIpc) is 2.91. The van der Waals surface area contributed by atoms with Gasteiger partial charge < -0.3 is 15.0 Å². The molecule has 1 aromatic heterocycles. The maximum absolute atomic E-state index is 11.5. The molecule has 2 aromatic rings. The summed E-state index contributed by atoms with van der Waals surface area (Å²) < 4.78 is 5.29. The van der Waals surface area contributed by atoms with Gasteiger partial charge in [0.25, 0.3) is 5.91 Å². The minimum Gasteiger partial charge on any atom is -0.484 e. The Balaban J connectivity index is 1.78. The minimum absolute atomic E-state index is 0.0985. The SMILES string of the molecule is O=C(COc1ccc(Cl)c(Cl)c1)NCc1ncc[nH]1. The van der Waals surface area contributed by atoms with Crippen molar-refractivity contribution in [2.24, 2.45) is 0 Å². The smallest absolute Gasteiger partial charge is 0.258 e. The molecule has 0 radical (unpaired) electrons. The highest BCUT2D eigenvalue weighted by molar-refractivity contribution is 6.42. The highest BCUT2D eigenvalue weighted by Gasteiger charge is 2.05. The molecule has 0 aliphatic heterocycles. The van der Waals surface area contributed by atoms with Crippen LogP contribution >= 0.6 is 23.2 Å². The molecule has 0 aliphatic rings. The Morgan fingerprint density at radius 1 is 1.37 bits per heavy atom. The third-order valence-electron chi connectivity index (χ3n) is 2.27. The second-order valence-corrected chi connectivity index (χ2v) is 4.49. The van der Waals surface area contributed by atoms with Gasteiger partial charge in [0.1, 0.15) is 11.6 Å². The zero-order chi connectivity index (χ0) is 13.7. The Kier molecular flexibility index (Phi) is 4.65. The average molecular weight is 300 g/mol. The molecule has 0 saturated heterocycles. The third-order valence-corrected chi connectivity index (χ3v) is 3.01. The number of halogens is 2. The summed E-state index contributed by atoms with van der Waals surface area (Å²) >= 11 is 11.6. The summed E-state index contributed by atoms with van der Waals surface area (Å²) in [4.78, 5) is 18.4. The Morgan fingerprint density at radius 3 is 2.89 bits per heavy atom. The standard InChI is InChI=1S/C12H11Cl2N3O2/c13-9-2-1-8(5-10(9)14)19-7-12(18)17-6-11-15-3-4-16-11/h1-5H,6-7H2,(H,15,16)(H,17,18). The topological polar surface area (TPSA) is 67.0 Å². The molecule has 2 N–H and O–H groups in total. The number of nitrogens with zero attached hydrogens (tertiary/aromatic N) is 1. The number of carbonyl (C=O) groups is 1. The number of rotatable bonds is 5. The van der Waals surface area contributed by atoms with E-state index in [1.807, 2.05) is 0 Å². The Morgan fingerprint density at radius 2 is 2.21 bits per heavy atom. The fourth-order valence-electron chi connectivity index (χ4n) is 1.34. The number of hydrogen-bond acceptors (Lipinski definition) is 3. The van der Waals surface area contributed by atoms with Gasteiger partial charge >= 0.3 is 0 Å². The second kappa shape index (κ2) is 6.45. The quantitative estimate of drug-likeness (QED) is 0.891. The molecule has 0 unspecified atom stereocenters. The van der Waals surface area contributed by atoms with E-state index >= 15 is 0 Å². The molecule has 7 heteroatoms. The van der Waals surface area contributed by atoms with E-state index in [1.54, 1.807) is 30.6 Å². The normalized spacial score (nSPS) is 10.2. The molecule has 1 heterocycles. The zero-order valence-electron chi connectivity index (χ0n) is 9.82. The van der Waals surface area contributed by atoms with E-state index in [4.69, 9.17) is 27.9 Å². The first-order valence-electron chi connectivity index (χ1n) is 5.48. The van der Waals surface area contributed by atoms with Crippen LogP contribution in [0.15, 0.2) is 30.6 Å². The Hall–Kier alpha value is -1.72. The van der Waals surface area contributed by atoms with E-state index in [-0.39, 0.29) is 12.5 Å². The maximum atomic E-state index is 11.5. The van der Waals surface area contributed by atoms with Crippen LogP contribution in [0.3, 0.4) is 0 Å². The van der Waals surface area contributed by atoms with Gasteiger partial charge in [0.15, 0.2) is 6.61 Å². The molecule has 0 aliphatic carbocycles. The molecule has 0 bridgehead atoms. The predicted molar refractivity (Wildman–Crippen MR) is 72.4 cm³/mol. The molecule has 0 saturated carbocycles. The summed E-state index contributed by atoms with van der Waals surface area (Å²) in [5.41, 5.74) is 0. The van der Waals surface area contributed by atoms with E-state index in [9.17, 15) is 4.79 Å². The lowest BCUT2D eigenvalue weighted by Crippen LogP contribution is -2.28. The van der Waals surface area contributed by atoms with Crippen LogP contribution in [0.25, 0.3) is 0 Å². The summed E-state index contributed by atoms with van der Waals surface area (Å²) in [5.74, 6) is 0.924. The van der Waals surface area contributed by atoms with Gasteiger partial charge in [-0.05, 0) is 12.1 Å². The maximum Gasteiger partial charge on any atom is 0.258 e. The van der Waals surface area contributed by atoms with Crippen LogP contribution < -0.4 is 10.1 Å². The van der Waals surface area contributed by atoms with E-state index < -0.39 is 0 Å². The van der Waals surface area contributed by atoms with Crippen molar-refractivity contribution >= 4 is 29.1 Å². The number of aromatic nitrogens is 2. The summed E-state index contributed by atoms with van der Waals surface area (Å²) in [7, 11) is 0. The molecule has 1 amide bonds. The molecule has 2 rings (SSSR count). The van der Waals surface area contributed by atoms with Gasteiger partial charge in [-0.25, -0.2) is 4.98 Å². The minimum atomic E-state index is -0.248. The van der Waals surface area contributed by atoms with Crippen molar-refractivity contribution in [1.29, 1.82) is 0 Å². The summed E-state index contributed by atoms with van der Waals surface area (Å²) in [6.45, 7) is 0.231. The van der Waals surface area contributed by atoms with Crippen LogP contribution in [-0.2, 0) is 11.3 Å². The molecular weight excluding hydrogens is 289 g/mol. The van der Waals surface area contributed by atoms with Gasteiger partial charge in [0.05, 0.1) is 16.6 Å². The number of hydrogen-bond donors (Lipinski definition) is 2. The van der Waals surface area contributed by atoms with E-state index in [0.717, 1.165) is 0 Å². The summed E-state index contributed by atoms with van der Waals surface area (Å²) in [5, 5.41) is 3.49. The Bertz CT molecular complexity index is 558. The van der Waals surface area contributed by atoms with Gasteiger partial charge in [0.2, 0.25) is 0 Å². The van der Waals surface area contributed by atoms with Gasteiger partial charge in [-0.1, -0.05) is 23.2 Å². The molecule has 100 valence electrons. The van der Waals surface area contributed by atoms with Crippen LogP contribution in [0.5, 0.6) is 5.75 Å². The highest BCUT2D eigenvalue weighted by atomic mass is 35.5. The van der Waals surface area contributed by atoms with Crippen molar-refractivity contribution < 1.29 is 9.53 Å². The molecule has 0 atom stereocenters. The molecule has 1 aromatic carbocycles. The summed E-state index contributed by atoms with van der Waals surface area (Å²) in [6, 6.07) is 4.82. The van der Waals surface area contributed by atoms with Crippen molar-refractivity contribution in [3.63, 3.8) is 0 Å². The zero-order valence-corrected chi connectivity index (χ0v) is 11.3. The predicted octanol–water partition coefficient (Wildman–Crippen LogP) is 2.41. The molecular formula is C12H11Cl2N3O2. The van der Waals surface area contributed by atoms with Crippen molar-refractivity contribution in [2.75, 3.05) is 6.61 Å². The van der Waals surface area contributed by atoms with Crippen molar-refractivity contribution in [1.82, 2.24) is 15.3 Å². The molecule has 5 nitrogen and oxygen atoms in total. The third kappa shape index (κ3) is 4.15. The van der Waals surface area contributed by atoms with Crippen molar-refractivity contribution in [3.05, 3.63) is 46.5 Å². The molecule has 19 heavy (non-hydrogen) atoms. The number of carbonyl (C=O) groups excluding carboxylic acids is 1. The van der Waals surface area contributed by atoms with Gasteiger partial charge in [-0.3, -0.25) is 4.79 Å². The van der Waals surface area contributed by atoms with Crippen LogP contribution in [-0.4, -0.2) is 22.5 Å². The lowest BCUT2D eigenvalue weighted by atomic mass is 10.3. The number of nitrogens with one attached hydrogen (secondary N) is 2. The van der Waals surface area contributed by atoms with Crippen molar-refractivity contribution in [3.8, 4) is 5.75 Å². The van der Waals surface area contributed by atoms with Crippen LogP contribution in [0, 0.1) is 0 Å². The van der Waals surface area contributed by atoms with Crippen LogP contribution in [0.1, 0.15) is 5.82 Å². The van der Waals surface area contributed by atoms with Crippen LogP contribution in [0.4, 0.5) is 0 Å². The number of ether oxygens (including phenoxy) is 1. The lowest BCUT2D eigenvalue weighted by molar-refractivity contribution is -0.123. The van der Waals surface area contributed by atoms with Crippen LogP contribution in [0.2, 0.25) is 10.0 Å². The van der Waals surface area contributed by atoms with Gasteiger partial charge in [-0.2, -0.15) is 0 Å². The monoisotopic (exact) mass is 299 g/mol. The van der Waals surface area contributed by atoms with Gasteiger partial charge in [0, 0.05) is 18.5 Å². The van der Waals surface area contributed by atoms with Crippen molar-refractivity contribution in [2.45, 2.75) is 6.54 Å². The first-order chi connectivity index (χ1) is 9.15. The number of benzene rings is 1. The first-order valence-corrected chi connectivity index (χ1v) is 6.23. The van der Waals surface area contributed by atoms with Gasteiger partial charge in [-0.15, -0.1) is 0 Å². The molecule has 0 fully saturated rings. The first kappa shape index (κ1) is 13.7. The fourth-order valence-corrected chi connectivity index (χ4v) is 1.63. The highest BCUT2D eigenvalue weighted by Crippen LogP contribution is 2.26. The summed E-state index contributed by atoms with van der Waals surface area (Å²) in [6.07, 6.45) is 3.31. The van der Waals surface area contributed by atoms with E-state index in [0.29, 0.717) is 28.2 Å². The number of H-pyrrole nitrogens is 1.